The van der Waals surface area contributed by atoms with Crippen molar-refractivity contribution >= 4 is 52.5 Å². The maximum absolute atomic E-state index is 12.3. The van der Waals surface area contributed by atoms with Crippen molar-refractivity contribution in [2.45, 2.75) is 43.3 Å². The van der Waals surface area contributed by atoms with Gasteiger partial charge >= 0.3 is 0 Å². The molecule has 2 heterocycles. The maximum atomic E-state index is 12.3. The van der Waals surface area contributed by atoms with E-state index in [4.69, 9.17) is 23.2 Å². The van der Waals surface area contributed by atoms with Crippen LogP contribution in [0.5, 0.6) is 0 Å². The molecule has 144 valence electrons. The second-order valence-electron chi connectivity index (χ2n) is 6.82. The van der Waals surface area contributed by atoms with E-state index >= 15 is 0 Å². The van der Waals surface area contributed by atoms with Gasteiger partial charge in [-0.05, 0) is 37.8 Å². The Kier molecular flexibility index (Phi) is 5.80. The number of nitrogens with one attached hydrogen (secondary N) is 1. The van der Waals surface area contributed by atoms with Crippen LogP contribution in [0.3, 0.4) is 0 Å². The monoisotopic (exact) mass is 425 g/mol. The predicted molar refractivity (Wildman–Crippen MR) is 110 cm³/mol. The Hall–Kier alpha value is -1.44. The molecule has 1 saturated carbocycles. The number of rotatable bonds is 7. The molecule has 1 aromatic heterocycles. The van der Waals surface area contributed by atoms with Crippen molar-refractivity contribution in [3.8, 4) is 0 Å². The molecule has 1 amide bonds. The van der Waals surface area contributed by atoms with Crippen molar-refractivity contribution in [1.82, 2.24) is 14.8 Å². The summed E-state index contributed by atoms with van der Waals surface area (Å²) in [5.41, 5.74) is 0.466. The quantitative estimate of drug-likeness (QED) is 0.654. The molecular formula is C18H21Cl2N5OS. The van der Waals surface area contributed by atoms with Crippen LogP contribution in [0.15, 0.2) is 23.4 Å². The summed E-state index contributed by atoms with van der Waals surface area (Å²) in [4.78, 5) is 14.6. The zero-order valence-electron chi connectivity index (χ0n) is 14.8. The highest BCUT2D eigenvalue weighted by Crippen LogP contribution is 2.41. The minimum atomic E-state index is -0.116. The van der Waals surface area contributed by atoms with E-state index in [1.807, 2.05) is 0 Å². The second kappa shape index (κ2) is 8.29. The lowest BCUT2D eigenvalue weighted by Crippen LogP contribution is -2.22. The molecule has 2 aromatic rings. The molecule has 1 aliphatic heterocycles. The van der Waals surface area contributed by atoms with Crippen molar-refractivity contribution in [1.29, 1.82) is 0 Å². The average molecular weight is 426 g/mol. The van der Waals surface area contributed by atoms with Crippen LogP contribution in [-0.4, -0.2) is 39.5 Å². The minimum Gasteiger partial charge on any atom is -0.341 e. The molecule has 0 radical (unpaired) electrons. The average Bonchev–Trinajstić information content (AvgIpc) is 3.17. The van der Waals surface area contributed by atoms with E-state index in [1.165, 1.54) is 25.7 Å². The predicted octanol–water partition coefficient (Wildman–Crippen LogP) is 4.64. The maximum Gasteiger partial charge on any atom is 0.228 e. The van der Waals surface area contributed by atoms with Gasteiger partial charge in [-0.15, -0.1) is 10.2 Å². The Balaban J connectivity index is 1.36. The molecule has 0 spiro atoms. The number of halogens is 2. The molecule has 1 aromatic carbocycles. The number of benzene rings is 1. The van der Waals surface area contributed by atoms with Gasteiger partial charge in [0.2, 0.25) is 11.9 Å². The standard InChI is InChI=1S/C18H21Cl2N5OS/c19-13-4-3-5-14(20)16(13)21-15(26)8-11-27-18-23-22-17(24-9-1-2-10-24)25(18)12-6-7-12/h3-5,12H,1-2,6-11H2,(H,21,26). The van der Waals surface area contributed by atoms with Gasteiger partial charge in [0.25, 0.3) is 0 Å². The van der Waals surface area contributed by atoms with Gasteiger partial charge in [-0.25, -0.2) is 0 Å². The Morgan fingerprint density at radius 1 is 1.19 bits per heavy atom. The van der Waals surface area contributed by atoms with Gasteiger partial charge < -0.3 is 10.2 Å². The molecule has 9 heteroatoms. The molecule has 0 bridgehead atoms. The van der Waals surface area contributed by atoms with E-state index in [9.17, 15) is 4.79 Å². The molecule has 27 heavy (non-hydrogen) atoms. The van der Waals surface area contributed by atoms with Gasteiger partial charge in [0, 0.05) is 31.3 Å². The largest absolute Gasteiger partial charge is 0.341 e. The number of para-hydroxylation sites is 1. The van der Waals surface area contributed by atoms with Gasteiger partial charge in [-0.2, -0.15) is 0 Å². The first-order chi connectivity index (χ1) is 13.1. The summed E-state index contributed by atoms with van der Waals surface area (Å²) in [6.07, 6.45) is 5.13. The van der Waals surface area contributed by atoms with Crippen molar-refractivity contribution in [3.63, 3.8) is 0 Å². The van der Waals surface area contributed by atoms with Crippen LogP contribution in [-0.2, 0) is 4.79 Å². The van der Waals surface area contributed by atoms with Crippen LogP contribution < -0.4 is 10.2 Å². The van der Waals surface area contributed by atoms with Crippen molar-refractivity contribution in [2.75, 3.05) is 29.1 Å². The van der Waals surface area contributed by atoms with Crippen LogP contribution in [0, 0.1) is 0 Å². The molecule has 0 unspecified atom stereocenters. The molecule has 6 nitrogen and oxygen atoms in total. The number of amides is 1. The fraction of sp³-hybridized carbons (Fsp3) is 0.500. The summed E-state index contributed by atoms with van der Waals surface area (Å²) >= 11 is 13.8. The fourth-order valence-electron chi connectivity index (χ4n) is 3.21. The molecule has 4 rings (SSSR count). The van der Waals surface area contributed by atoms with E-state index in [1.54, 1.807) is 30.0 Å². The third-order valence-electron chi connectivity index (χ3n) is 4.73. The Morgan fingerprint density at radius 2 is 1.89 bits per heavy atom. The summed E-state index contributed by atoms with van der Waals surface area (Å²) in [6, 6.07) is 5.67. The lowest BCUT2D eigenvalue weighted by molar-refractivity contribution is -0.115. The Bertz CT molecular complexity index is 813. The highest BCUT2D eigenvalue weighted by atomic mass is 35.5. The summed E-state index contributed by atoms with van der Waals surface area (Å²) in [5.74, 6) is 1.50. The summed E-state index contributed by atoms with van der Waals surface area (Å²) < 4.78 is 2.26. The third-order valence-corrected chi connectivity index (χ3v) is 6.31. The lowest BCUT2D eigenvalue weighted by Gasteiger charge is -2.17. The van der Waals surface area contributed by atoms with Crippen molar-refractivity contribution in [2.24, 2.45) is 0 Å². The van der Waals surface area contributed by atoms with Crippen LogP contribution >= 0.6 is 35.0 Å². The first-order valence-electron chi connectivity index (χ1n) is 9.20. The number of aromatic nitrogens is 3. The Labute approximate surface area is 172 Å². The highest BCUT2D eigenvalue weighted by Gasteiger charge is 2.32. The highest BCUT2D eigenvalue weighted by molar-refractivity contribution is 7.99. The van der Waals surface area contributed by atoms with Crippen LogP contribution in [0.1, 0.15) is 38.1 Å². The number of hydrogen-bond donors (Lipinski definition) is 1. The molecular weight excluding hydrogens is 405 g/mol. The lowest BCUT2D eigenvalue weighted by atomic mass is 10.3. The van der Waals surface area contributed by atoms with Crippen LogP contribution in [0.4, 0.5) is 11.6 Å². The number of carbonyl (C=O) groups excluding carboxylic acids is 1. The topological polar surface area (TPSA) is 63.1 Å². The molecule has 1 saturated heterocycles. The number of anilines is 2. The number of thioether (sulfide) groups is 1. The van der Waals surface area contributed by atoms with Gasteiger partial charge in [-0.1, -0.05) is 41.0 Å². The van der Waals surface area contributed by atoms with Crippen LogP contribution in [0.2, 0.25) is 10.0 Å². The third kappa shape index (κ3) is 4.36. The molecule has 0 atom stereocenters. The number of carbonyl (C=O) groups is 1. The van der Waals surface area contributed by atoms with E-state index in [2.05, 4.69) is 25.0 Å². The Morgan fingerprint density at radius 3 is 2.56 bits per heavy atom. The van der Waals surface area contributed by atoms with Crippen LogP contribution in [0.25, 0.3) is 0 Å². The minimum absolute atomic E-state index is 0.116. The van der Waals surface area contributed by atoms with Gasteiger partial charge in [0.15, 0.2) is 5.16 Å². The normalized spacial score (nSPS) is 16.7. The number of nitrogens with zero attached hydrogens (tertiary/aromatic N) is 4. The molecule has 2 fully saturated rings. The van der Waals surface area contributed by atoms with E-state index in [0.717, 1.165) is 24.2 Å². The molecule has 2 aliphatic rings. The smallest absolute Gasteiger partial charge is 0.228 e. The first kappa shape index (κ1) is 18.9. The SMILES string of the molecule is O=C(CCSc1nnc(N2CCCC2)n1C1CC1)Nc1c(Cl)cccc1Cl. The summed E-state index contributed by atoms with van der Waals surface area (Å²) in [7, 11) is 0. The fourth-order valence-corrected chi connectivity index (χ4v) is 4.64. The van der Waals surface area contributed by atoms with Crippen molar-refractivity contribution in [3.05, 3.63) is 28.2 Å². The summed E-state index contributed by atoms with van der Waals surface area (Å²) in [5, 5.41) is 13.4. The second-order valence-corrected chi connectivity index (χ2v) is 8.70. The van der Waals surface area contributed by atoms with Gasteiger partial charge in [0.05, 0.1) is 15.7 Å². The van der Waals surface area contributed by atoms with Gasteiger partial charge in [0.1, 0.15) is 0 Å². The van der Waals surface area contributed by atoms with Gasteiger partial charge in [-0.3, -0.25) is 9.36 Å². The van der Waals surface area contributed by atoms with Crippen molar-refractivity contribution < 1.29 is 4.79 Å². The zero-order valence-corrected chi connectivity index (χ0v) is 17.2. The van der Waals surface area contributed by atoms with E-state index in [0.29, 0.717) is 33.9 Å². The summed E-state index contributed by atoms with van der Waals surface area (Å²) in [6.45, 7) is 2.10. The zero-order chi connectivity index (χ0) is 18.8. The molecule has 1 aliphatic carbocycles. The molecule has 1 N–H and O–H groups in total. The number of hydrogen-bond acceptors (Lipinski definition) is 5. The van der Waals surface area contributed by atoms with E-state index < -0.39 is 0 Å². The van der Waals surface area contributed by atoms with E-state index in [-0.39, 0.29) is 5.91 Å². The first-order valence-corrected chi connectivity index (χ1v) is 10.9.